The van der Waals surface area contributed by atoms with Crippen molar-refractivity contribution in [2.24, 2.45) is 0 Å². The van der Waals surface area contributed by atoms with Crippen LogP contribution in [0.4, 0.5) is 18.0 Å². The Morgan fingerprint density at radius 1 is 1.11 bits per heavy atom. The van der Waals surface area contributed by atoms with E-state index in [9.17, 15) is 22.8 Å². The fourth-order valence-corrected chi connectivity index (χ4v) is 4.07. The van der Waals surface area contributed by atoms with Crippen LogP contribution in [0.15, 0.2) is 60.9 Å². The highest BCUT2D eigenvalue weighted by molar-refractivity contribution is 5.93. The van der Waals surface area contributed by atoms with E-state index in [-0.39, 0.29) is 17.8 Å². The number of hydrogen-bond acceptors (Lipinski definition) is 5. The van der Waals surface area contributed by atoms with Gasteiger partial charge in [0.2, 0.25) is 0 Å². The Labute approximate surface area is 216 Å². The molecule has 1 aromatic heterocycles. The van der Waals surface area contributed by atoms with Crippen molar-refractivity contribution in [3.8, 4) is 11.1 Å². The lowest BCUT2D eigenvalue weighted by Crippen LogP contribution is -2.27. The Hall–Kier alpha value is -4.25. The molecule has 0 bridgehead atoms. The van der Waals surface area contributed by atoms with Gasteiger partial charge in [-0.3, -0.25) is 4.79 Å². The quantitative estimate of drug-likeness (QED) is 0.389. The average molecular weight is 527 g/mol. The van der Waals surface area contributed by atoms with Gasteiger partial charge >= 0.3 is 12.3 Å². The van der Waals surface area contributed by atoms with E-state index < -0.39 is 29.8 Å². The van der Waals surface area contributed by atoms with Crippen molar-refractivity contribution < 1.29 is 32.6 Å². The molecule has 11 heteroatoms. The second-order valence-electron chi connectivity index (χ2n) is 8.69. The van der Waals surface area contributed by atoms with E-state index in [1.54, 1.807) is 37.3 Å². The van der Waals surface area contributed by atoms with Gasteiger partial charge in [0.25, 0.3) is 5.91 Å². The highest BCUT2D eigenvalue weighted by Crippen LogP contribution is 2.34. The summed E-state index contributed by atoms with van der Waals surface area (Å²) in [5, 5.41) is 14.0. The van der Waals surface area contributed by atoms with E-state index in [0.717, 1.165) is 23.3 Å². The minimum absolute atomic E-state index is 0.151. The van der Waals surface area contributed by atoms with Crippen molar-refractivity contribution in [2.75, 3.05) is 13.2 Å². The van der Waals surface area contributed by atoms with E-state index in [4.69, 9.17) is 9.84 Å². The van der Waals surface area contributed by atoms with Gasteiger partial charge in [-0.2, -0.15) is 13.2 Å². The molecule has 0 saturated carbocycles. The first-order valence-electron chi connectivity index (χ1n) is 11.8. The third-order valence-electron chi connectivity index (χ3n) is 6.13. The maximum Gasteiger partial charge on any atom is 0.416 e. The number of benzene rings is 2. The molecule has 2 aromatic carbocycles. The highest BCUT2D eigenvalue weighted by atomic mass is 19.4. The molecule has 0 radical (unpaired) electrons. The number of rotatable bonds is 7. The molecular weight excluding hydrogens is 501 g/mol. The van der Waals surface area contributed by atoms with Crippen molar-refractivity contribution in [2.45, 2.75) is 32.1 Å². The number of aromatic nitrogens is 2. The molecule has 1 aliphatic rings. The predicted molar refractivity (Wildman–Crippen MR) is 133 cm³/mol. The van der Waals surface area contributed by atoms with Crippen LogP contribution in [0.3, 0.4) is 0 Å². The van der Waals surface area contributed by atoms with E-state index in [1.807, 2.05) is 6.08 Å². The molecule has 1 atom stereocenters. The molecule has 3 aromatic rings. The molecule has 0 saturated heterocycles. The summed E-state index contributed by atoms with van der Waals surface area (Å²) >= 11 is 0. The van der Waals surface area contributed by atoms with Crippen LogP contribution in [0.5, 0.6) is 0 Å². The summed E-state index contributed by atoms with van der Waals surface area (Å²) in [6.07, 6.45) is -1.87. The van der Waals surface area contributed by atoms with Gasteiger partial charge in [0.05, 0.1) is 30.5 Å². The summed E-state index contributed by atoms with van der Waals surface area (Å²) < 4.78 is 45.3. The van der Waals surface area contributed by atoms with Gasteiger partial charge in [-0.1, -0.05) is 36.4 Å². The molecule has 0 fully saturated rings. The average Bonchev–Trinajstić information content (AvgIpc) is 2.92. The van der Waals surface area contributed by atoms with Crippen molar-refractivity contribution in [3.63, 3.8) is 0 Å². The van der Waals surface area contributed by atoms with Gasteiger partial charge < -0.3 is 20.5 Å². The molecule has 2 amide bonds. The smallest absolute Gasteiger partial charge is 0.416 e. The highest BCUT2D eigenvalue weighted by Gasteiger charge is 2.31. The summed E-state index contributed by atoms with van der Waals surface area (Å²) in [6, 6.07) is 11.1. The number of nitrogens with one attached hydrogen (secondary N) is 2. The SMILES string of the molecule is C[C@@H](NC(=O)c1cc(C2=CCOCC2)ncn1)c1ccc(-c2cc(C(F)(F)F)ccc2CNC(=O)O)cc1. The van der Waals surface area contributed by atoms with Crippen LogP contribution in [-0.2, 0) is 17.5 Å². The zero-order valence-corrected chi connectivity index (χ0v) is 20.4. The first kappa shape index (κ1) is 26.8. The number of ether oxygens (including phenoxy) is 1. The van der Waals surface area contributed by atoms with Crippen molar-refractivity contribution in [1.82, 2.24) is 20.6 Å². The molecule has 198 valence electrons. The van der Waals surface area contributed by atoms with E-state index in [2.05, 4.69) is 20.6 Å². The summed E-state index contributed by atoms with van der Waals surface area (Å²) in [5.41, 5.74) is 2.89. The number of alkyl halides is 3. The van der Waals surface area contributed by atoms with Crippen LogP contribution in [-0.4, -0.2) is 40.3 Å². The van der Waals surface area contributed by atoms with Gasteiger partial charge in [-0.05, 0) is 59.4 Å². The van der Waals surface area contributed by atoms with Gasteiger partial charge in [0.15, 0.2) is 0 Å². The van der Waals surface area contributed by atoms with Crippen LogP contribution in [0.1, 0.15) is 52.3 Å². The Morgan fingerprint density at radius 3 is 2.53 bits per heavy atom. The van der Waals surface area contributed by atoms with Crippen LogP contribution in [0.25, 0.3) is 16.7 Å². The second kappa shape index (κ2) is 11.4. The molecule has 38 heavy (non-hydrogen) atoms. The Bertz CT molecular complexity index is 1360. The first-order valence-corrected chi connectivity index (χ1v) is 11.8. The lowest BCUT2D eigenvalue weighted by molar-refractivity contribution is -0.137. The standard InChI is InChI=1S/C27H25F3N4O4/c1-16(34-25(35)24-13-23(32-15-33-24)19-8-10-38-11-9-19)17-2-4-18(5-3-17)22-12-21(27(28,29)30)7-6-20(22)14-31-26(36)37/h2-8,12-13,15-16,31H,9-11,14H2,1H3,(H,34,35)(H,36,37)/t16-/m1/s1. The molecule has 8 nitrogen and oxygen atoms in total. The number of carbonyl (C=O) groups excluding carboxylic acids is 1. The summed E-state index contributed by atoms with van der Waals surface area (Å²) in [6.45, 7) is 2.71. The van der Waals surface area contributed by atoms with Crippen molar-refractivity contribution in [3.05, 3.63) is 89.0 Å². The van der Waals surface area contributed by atoms with Gasteiger partial charge in [-0.15, -0.1) is 0 Å². The van der Waals surface area contributed by atoms with Crippen LogP contribution in [0.2, 0.25) is 0 Å². The van der Waals surface area contributed by atoms with E-state index in [0.29, 0.717) is 36.5 Å². The lowest BCUT2D eigenvalue weighted by atomic mass is 9.95. The fraction of sp³-hybridized carbons (Fsp3) is 0.259. The van der Waals surface area contributed by atoms with Gasteiger partial charge in [0.1, 0.15) is 12.0 Å². The molecule has 0 aliphatic carbocycles. The number of amides is 2. The molecule has 3 N–H and O–H groups in total. The first-order chi connectivity index (χ1) is 18.1. The fourth-order valence-electron chi connectivity index (χ4n) is 4.07. The third-order valence-corrected chi connectivity index (χ3v) is 6.13. The molecule has 1 aliphatic heterocycles. The van der Waals surface area contributed by atoms with Crippen LogP contribution in [0, 0.1) is 0 Å². The predicted octanol–water partition coefficient (Wildman–Crippen LogP) is 5.22. The Morgan fingerprint density at radius 2 is 1.87 bits per heavy atom. The molecule has 4 rings (SSSR count). The van der Waals surface area contributed by atoms with Gasteiger partial charge in [0, 0.05) is 6.54 Å². The van der Waals surface area contributed by atoms with Crippen LogP contribution < -0.4 is 10.6 Å². The summed E-state index contributed by atoms with van der Waals surface area (Å²) in [7, 11) is 0. The molecule has 0 unspecified atom stereocenters. The lowest BCUT2D eigenvalue weighted by Gasteiger charge is -2.17. The van der Waals surface area contributed by atoms with E-state index >= 15 is 0 Å². The molecule has 0 spiro atoms. The molecule has 2 heterocycles. The summed E-state index contributed by atoms with van der Waals surface area (Å²) in [4.78, 5) is 32.1. The maximum absolute atomic E-state index is 13.3. The third kappa shape index (κ3) is 6.54. The maximum atomic E-state index is 13.3. The Kier molecular flexibility index (Phi) is 8.06. The number of halogens is 3. The Balaban J connectivity index is 1.51. The normalized spacial score (nSPS) is 14.4. The monoisotopic (exact) mass is 526 g/mol. The van der Waals surface area contributed by atoms with Gasteiger partial charge in [-0.25, -0.2) is 14.8 Å². The minimum atomic E-state index is -4.55. The number of carbonyl (C=O) groups is 2. The van der Waals surface area contributed by atoms with E-state index in [1.165, 1.54) is 12.4 Å². The number of carboxylic acid groups (broad SMARTS) is 1. The largest absolute Gasteiger partial charge is 0.465 e. The summed E-state index contributed by atoms with van der Waals surface area (Å²) in [5.74, 6) is -0.391. The number of hydrogen-bond donors (Lipinski definition) is 3. The topological polar surface area (TPSA) is 113 Å². The van der Waals surface area contributed by atoms with Crippen molar-refractivity contribution in [1.29, 1.82) is 0 Å². The van der Waals surface area contributed by atoms with Crippen molar-refractivity contribution >= 4 is 17.6 Å². The number of nitrogens with zero attached hydrogens (tertiary/aromatic N) is 2. The molecular formula is C27H25F3N4O4. The minimum Gasteiger partial charge on any atom is -0.465 e. The van der Waals surface area contributed by atoms with Crippen LogP contribution >= 0.6 is 0 Å². The zero-order valence-electron chi connectivity index (χ0n) is 20.4. The zero-order chi connectivity index (χ0) is 27.3. The second-order valence-corrected chi connectivity index (χ2v) is 8.69.